The second kappa shape index (κ2) is 6.95. The normalized spacial score (nSPS) is 11.4. The lowest BCUT2D eigenvalue weighted by atomic mass is 10.3. The number of rotatable bonds is 8. The zero-order chi connectivity index (χ0) is 15.4. The molecule has 0 atom stereocenters. The summed E-state index contributed by atoms with van der Waals surface area (Å²) in [5.41, 5.74) is 2.65. The van der Waals surface area contributed by atoms with E-state index in [1.54, 1.807) is 11.8 Å². The summed E-state index contributed by atoms with van der Waals surface area (Å²) in [6.45, 7) is 3.41. The molecule has 0 aliphatic rings. The SMILES string of the molecule is COCCCCn1c(SCC(=O)O)nc2c(C)nn(C)c21. The summed E-state index contributed by atoms with van der Waals surface area (Å²) in [6, 6.07) is 0. The number of aromatic nitrogens is 4. The van der Waals surface area contributed by atoms with Crippen molar-refractivity contribution in [1.29, 1.82) is 0 Å². The highest BCUT2D eigenvalue weighted by Crippen LogP contribution is 2.26. The van der Waals surface area contributed by atoms with Crippen LogP contribution in [-0.2, 0) is 23.1 Å². The molecule has 0 unspecified atom stereocenters. The molecule has 0 amide bonds. The number of carboxylic acid groups (broad SMARTS) is 1. The maximum Gasteiger partial charge on any atom is 0.313 e. The number of aliphatic carboxylic acids is 1. The fourth-order valence-corrected chi connectivity index (χ4v) is 3.01. The smallest absolute Gasteiger partial charge is 0.313 e. The van der Waals surface area contributed by atoms with Crippen molar-refractivity contribution in [2.45, 2.75) is 31.5 Å². The summed E-state index contributed by atoms with van der Waals surface area (Å²) in [5, 5.41) is 14.0. The van der Waals surface area contributed by atoms with Crippen LogP contribution in [0.3, 0.4) is 0 Å². The van der Waals surface area contributed by atoms with Crippen molar-refractivity contribution >= 4 is 28.9 Å². The molecule has 2 aromatic heterocycles. The Morgan fingerprint density at radius 1 is 1.43 bits per heavy atom. The van der Waals surface area contributed by atoms with Crippen LogP contribution in [0.1, 0.15) is 18.5 Å². The van der Waals surface area contributed by atoms with Gasteiger partial charge in [0.15, 0.2) is 10.8 Å². The number of nitrogens with zero attached hydrogens (tertiary/aromatic N) is 4. The minimum absolute atomic E-state index is 0.00781. The predicted molar refractivity (Wildman–Crippen MR) is 80.7 cm³/mol. The maximum absolute atomic E-state index is 10.8. The Hall–Kier alpha value is -1.54. The van der Waals surface area contributed by atoms with Crippen molar-refractivity contribution < 1.29 is 14.6 Å². The lowest BCUT2D eigenvalue weighted by molar-refractivity contribution is -0.133. The molecule has 0 bridgehead atoms. The van der Waals surface area contributed by atoms with Gasteiger partial charge in [-0.25, -0.2) is 4.98 Å². The van der Waals surface area contributed by atoms with E-state index in [1.165, 1.54) is 11.8 Å². The third-order valence-electron chi connectivity index (χ3n) is 3.16. The van der Waals surface area contributed by atoms with Gasteiger partial charge in [-0.2, -0.15) is 5.10 Å². The second-order valence-corrected chi connectivity index (χ2v) is 5.75. The first-order valence-electron chi connectivity index (χ1n) is 6.78. The maximum atomic E-state index is 10.8. The molecule has 1 N–H and O–H groups in total. The number of hydrogen-bond donors (Lipinski definition) is 1. The zero-order valence-corrected chi connectivity index (χ0v) is 13.3. The Kier molecular flexibility index (Phi) is 5.24. The molecule has 2 aromatic rings. The highest BCUT2D eigenvalue weighted by molar-refractivity contribution is 7.99. The van der Waals surface area contributed by atoms with Crippen LogP contribution in [0.25, 0.3) is 11.2 Å². The van der Waals surface area contributed by atoms with E-state index < -0.39 is 5.97 Å². The van der Waals surface area contributed by atoms with E-state index in [2.05, 4.69) is 14.6 Å². The number of carbonyl (C=O) groups is 1. The fraction of sp³-hybridized carbons (Fsp3) is 0.615. The van der Waals surface area contributed by atoms with Crippen molar-refractivity contribution in [3.63, 3.8) is 0 Å². The van der Waals surface area contributed by atoms with Gasteiger partial charge in [0.05, 0.1) is 11.4 Å². The Balaban J connectivity index is 2.27. The van der Waals surface area contributed by atoms with E-state index in [4.69, 9.17) is 9.84 Å². The van der Waals surface area contributed by atoms with E-state index in [-0.39, 0.29) is 5.75 Å². The largest absolute Gasteiger partial charge is 0.481 e. The number of carboxylic acids is 1. The quantitative estimate of drug-likeness (QED) is 0.590. The van der Waals surface area contributed by atoms with Gasteiger partial charge in [0.1, 0.15) is 5.52 Å². The van der Waals surface area contributed by atoms with E-state index in [9.17, 15) is 4.79 Å². The Labute approximate surface area is 127 Å². The molecule has 0 aliphatic heterocycles. The van der Waals surface area contributed by atoms with E-state index in [0.29, 0.717) is 0 Å². The van der Waals surface area contributed by atoms with Gasteiger partial charge < -0.3 is 14.4 Å². The average molecular weight is 312 g/mol. The molecule has 0 saturated heterocycles. The molecule has 2 rings (SSSR count). The molecule has 8 heteroatoms. The highest BCUT2D eigenvalue weighted by atomic mass is 32.2. The minimum Gasteiger partial charge on any atom is -0.481 e. The van der Waals surface area contributed by atoms with Crippen LogP contribution in [0.4, 0.5) is 0 Å². The standard InChI is InChI=1S/C13H20N4O3S/c1-9-11-12(16(2)15-9)17(6-4-5-7-20-3)13(14-11)21-8-10(18)19/h4-8H2,1-3H3,(H,18,19). The lowest BCUT2D eigenvalue weighted by Gasteiger charge is -2.08. The van der Waals surface area contributed by atoms with Crippen molar-refractivity contribution in [1.82, 2.24) is 19.3 Å². The third-order valence-corrected chi connectivity index (χ3v) is 4.12. The molecule has 116 valence electrons. The molecule has 0 radical (unpaired) electrons. The summed E-state index contributed by atoms with van der Waals surface area (Å²) in [5.74, 6) is -0.832. The van der Waals surface area contributed by atoms with Gasteiger partial charge in [-0.1, -0.05) is 11.8 Å². The van der Waals surface area contributed by atoms with Crippen LogP contribution in [-0.4, -0.2) is 49.9 Å². The van der Waals surface area contributed by atoms with E-state index in [0.717, 1.165) is 48.0 Å². The van der Waals surface area contributed by atoms with Crippen molar-refractivity contribution in [3.8, 4) is 0 Å². The van der Waals surface area contributed by atoms with E-state index >= 15 is 0 Å². The van der Waals surface area contributed by atoms with Crippen LogP contribution in [0, 0.1) is 6.92 Å². The van der Waals surface area contributed by atoms with Gasteiger partial charge in [0, 0.05) is 27.3 Å². The number of ether oxygens (including phenoxy) is 1. The number of imidazole rings is 1. The second-order valence-electron chi connectivity index (χ2n) is 4.81. The van der Waals surface area contributed by atoms with Crippen molar-refractivity contribution in [2.75, 3.05) is 19.5 Å². The average Bonchev–Trinajstić information content (AvgIpc) is 2.92. The molecule has 0 saturated carbocycles. The summed E-state index contributed by atoms with van der Waals surface area (Å²) in [7, 11) is 3.57. The summed E-state index contributed by atoms with van der Waals surface area (Å²) in [4.78, 5) is 15.3. The van der Waals surface area contributed by atoms with Gasteiger partial charge >= 0.3 is 5.97 Å². The summed E-state index contributed by atoms with van der Waals surface area (Å²) >= 11 is 1.25. The molecular formula is C13H20N4O3S. The third kappa shape index (κ3) is 3.56. The Morgan fingerprint density at radius 3 is 2.86 bits per heavy atom. The molecule has 0 aliphatic carbocycles. The van der Waals surface area contributed by atoms with Gasteiger partial charge in [-0.3, -0.25) is 9.48 Å². The topological polar surface area (TPSA) is 82.2 Å². The lowest BCUT2D eigenvalue weighted by Crippen LogP contribution is -2.07. The van der Waals surface area contributed by atoms with Gasteiger partial charge in [0.2, 0.25) is 0 Å². The summed E-state index contributed by atoms with van der Waals surface area (Å²) < 4.78 is 8.92. The predicted octanol–water partition coefficient (Wildman–Crippen LogP) is 1.68. The number of hydrogen-bond acceptors (Lipinski definition) is 5. The molecule has 21 heavy (non-hydrogen) atoms. The highest BCUT2D eigenvalue weighted by Gasteiger charge is 2.18. The molecule has 7 nitrogen and oxygen atoms in total. The monoisotopic (exact) mass is 312 g/mol. The molecule has 2 heterocycles. The van der Waals surface area contributed by atoms with Crippen molar-refractivity contribution in [3.05, 3.63) is 5.69 Å². The Morgan fingerprint density at radius 2 is 2.19 bits per heavy atom. The number of aryl methyl sites for hydroxylation is 3. The zero-order valence-electron chi connectivity index (χ0n) is 12.5. The molecule has 0 aromatic carbocycles. The number of methoxy groups -OCH3 is 1. The summed E-state index contributed by atoms with van der Waals surface area (Å²) in [6.07, 6.45) is 1.90. The first kappa shape index (κ1) is 15.8. The molecule has 0 fully saturated rings. The number of unbranched alkanes of at least 4 members (excludes halogenated alkanes) is 1. The van der Waals surface area contributed by atoms with Crippen LogP contribution < -0.4 is 0 Å². The van der Waals surface area contributed by atoms with Crippen LogP contribution in [0.15, 0.2) is 5.16 Å². The first-order valence-corrected chi connectivity index (χ1v) is 7.76. The molecular weight excluding hydrogens is 292 g/mol. The van der Waals surface area contributed by atoms with Crippen LogP contribution >= 0.6 is 11.8 Å². The molecule has 0 spiro atoms. The first-order chi connectivity index (χ1) is 10.0. The van der Waals surface area contributed by atoms with Crippen LogP contribution in [0.2, 0.25) is 0 Å². The number of thioether (sulfide) groups is 1. The Bertz CT molecular complexity index is 635. The fourth-order valence-electron chi connectivity index (χ4n) is 2.27. The van der Waals surface area contributed by atoms with Gasteiger partial charge in [-0.05, 0) is 19.8 Å². The van der Waals surface area contributed by atoms with Gasteiger partial charge in [0.25, 0.3) is 0 Å². The van der Waals surface area contributed by atoms with Crippen molar-refractivity contribution in [2.24, 2.45) is 7.05 Å². The van der Waals surface area contributed by atoms with E-state index in [1.807, 2.05) is 14.0 Å². The number of fused-ring (bicyclic) bond motifs is 1. The minimum atomic E-state index is -0.840. The van der Waals surface area contributed by atoms with Crippen LogP contribution in [0.5, 0.6) is 0 Å². The van der Waals surface area contributed by atoms with Gasteiger partial charge in [-0.15, -0.1) is 0 Å².